The van der Waals surface area contributed by atoms with Crippen LogP contribution < -0.4 is 9.64 Å². The first-order valence-electron chi connectivity index (χ1n) is 3.23. The Hall–Kier alpha value is -1.44. The number of benzene rings is 1. The van der Waals surface area contributed by atoms with Gasteiger partial charge in [-0.15, -0.1) is 0 Å². The topological polar surface area (TPSA) is 12.2 Å². The van der Waals surface area contributed by atoms with Crippen LogP contribution in [0.4, 0.5) is 5.69 Å². The molecular weight excluding hydrogens is 126 g/mol. The van der Waals surface area contributed by atoms with Gasteiger partial charge in [-0.05, 0) is 12.1 Å². The molecule has 2 aliphatic heterocycles. The molecule has 2 aliphatic rings. The van der Waals surface area contributed by atoms with Crippen LogP contribution in [0.5, 0.6) is 5.75 Å². The molecule has 0 aliphatic carbocycles. The number of rotatable bonds is 0. The van der Waals surface area contributed by atoms with Crippen molar-refractivity contribution in [3.8, 4) is 5.75 Å². The van der Waals surface area contributed by atoms with E-state index in [-0.39, 0.29) is 0 Å². The SMILES string of the molecule is C1=C2Oc3ccccc3N12. The molecule has 0 amide bonds. The fourth-order valence-corrected chi connectivity index (χ4v) is 1.20. The van der Waals surface area contributed by atoms with Crippen LogP contribution in [-0.4, -0.2) is 0 Å². The lowest BCUT2D eigenvalue weighted by Gasteiger charge is -1.96. The van der Waals surface area contributed by atoms with Crippen molar-refractivity contribution >= 4 is 5.69 Å². The van der Waals surface area contributed by atoms with E-state index in [0.29, 0.717) is 0 Å². The third-order valence-electron chi connectivity index (χ3n) is 1.75. The molecule has 0 saturated heterocycles. The molecule has 0 atom stereocenters. The smallest absolute Gasteiger partial charge is 0.221 e. The van der Waals surface area contributed by atoms with Crippen molar-refractivity contribution in [1.82, 2.24) is 0 Å². The average Bonchev–Trinajstić information content (AvgIpc) is 2.64. The molecule has 0 spiro atoms. The predicted octanol–water partition coefficient (Wildman–Crippen LogP) is 1.70. The first-order chi connectivity index (χ1) is 4.95. The second-order valence-corrected chi connectivity index (χ2v) is 2.41. The summed E-state index contributed by atoms with van der Waals surface area (Å²) >= 11 is 0. The molecule has 10 heavy (non-hydrogen) atoms. The second kappa shape index (κ2) is 1.19. The number of hydrogen-bond donors (Lipinski definition) is 0. The van der Waals surface area contributed by atoms with Crippen LogP contribution in [-0.2, 0) is 0 Å². The number of para-hydroxylation sites is 2. The van der Waals surface area contributed by atoms with Gasteiger partial charge in [-0.25, -0.2) is 0 Å². The fourth-order valence-electron chi connectivity index (χ4n) is 1.20. The molecule has 3 rings (SSSR count). The molecule has 48 valence electrons. The largest absolute Gasteiger partial charge is 0.437 e. The molecule has 0 unspecified atom stereocenters. The molecule has 1 aromatic rings. The lowest BCUT2D eigenvalue weighted by atomic mass is 10.3. The molecule has 0 aromatic heterocycles. The van der Waals surface area contributed by atoms with Crippen molar-refractivity contribution in [3.63, 3.8) is 0 Å². The number of anilines is 1. The maximum absolute atomic E-state index is 5.37. The molecule has 2 heterocycles. The van der Waals surface area contributed by atoms with Crippen molar-refractivity contribution in [1.29, 1.82) is 0 Å². The van der Waals surface area contributed by atoms with Gasteiger partial charge in [-0.2, -0.15) is 0 Å². The molecule has 2 nitrogen and oxygen atoms in total. The summed E-state index contributed by atoms with van der Waals surface area (Å²) in [5, 5.41) is 0. The summed E-state index contributed by atoms with van der Waals surface area (Å²) in [4.78, 5) is 2.04. The fraction of sp³-hybridized carbons (Fsp3) is 0. The molecular formula is C8H5NO. The monoisotopic (exact) mass is 131 g/mol. The van der Waals surface area contributed by atoms with Crippen LogP contribution in [0.15, 0.2) is 36.3 Å². The van der Waals surface area contributed by atoms with Crippen molar-refractivity contribution in [2.75, 3.05) is 4.90 Å². The maximum atomic E-state index is 5.37. The highest BCUT2D eigenvalue weighted by atomic mass is 16.5. The van der Waals surface area contributed by atoms with E-state index in [4.69, 9.17) is 4.74 Å². The minimum atomic E-state index is 0.972. The highest BCUT2D eigenvalue weighted by molar-refractivity contribution is 5.74. The quantitative estimate of drug-likeness (QED) is 0.531. The van der Waals surface area contributed by atoms with Gasteiger partial charge in [0.25, 0.3) is 0 Å². The lowest BCUT2D eigenvalue weighted by molar-refractivity contribution is 0.471. The van der Waals surface area contributed by atoms with E-state index < -0.39 is 0 Å². The molecule has 0 bridgehead atoms. The van der Waals surface area contributed by atoms with E-state index in [2.05, 4.69) is 0 Å². The van der Waals surface area contributed by atoms with E-state index in [1.807, 2.05) is 35.4 Å². The number of hydrogen-bond acceptors (Lipinski definition) is 2. The van der Waals surface area contributed by atoms with Gasteiger partial charge in [0.05, 0.1) is 11.9 Å². The minimum absolute atomic E-state index is 0.972. The molecule has 0 N–H and O–H groups in total. The Morgan fingerprint density at radius 3 is 3.00 bits per heavy atom. The summed E-state index contributed by atoms with van der Waals surface area (Å²) < 4.78 is 5.37. The van der Waals surface area contributed by atoms with Crippen molar-refractivity contribution < 1.29 is 4.74 Å². The molecule has 0 radical (unpaired) electrons. The van der Waals surface area contributed by atoms with Crippen LogP contribution in [0.2, 0.25) is 0 Å². The molecule has 1 aromatic carbocycles. The van der Waals surface area contributed by atoms with Gasteiger partial charge in [0.2, 0.25) is 5.88 Å². The Bertz CT molecular complexity index is 330. The number of nitrogens with zero attached hydrogens (tertiary/aromatic N) is 1. The van der Waals surface area contributed by atoms with Crippen LogP contribution in [0, 0.1) is 0 Å². The zero-order valence-electron chi connectivity index (χ0n) is 5.24. The van der Waals surface area contributed by atoms with E-state index >= 15 is 0 Å². The summed E-state index contributed by atoms with van der Waals surface area (Å²) in [5.74, 6) is 1.95. The van der Waals surface area contributed by atoms with Crippen LogP contribution in [0.3, 0.4) is 0 Å². The zero-order valence-corrected chi connectivity index (χ0v) is 5.24. The summed E-state index contributed by atoms with van der Waals surface area (Å²) in [7, 11) is 0. The van der Waals surface area contributed by atoms with Gasteiger partial charge < -0.3 is 4.74 Å². The Labute approximate surface area is 58.3 Å². The zero-order chi connectivity index (χ0) is 6.55. The normalized spacial score (nSPS) is 17.2. The van der Waals surface area contributed by atoms with E-state index in [1.165, 1.54) is 0 Å². The number of ether oxygens (including phenoxy) is 1. The summed E-state index contributed by atoms with van der Waals surface area (Å²) in [6.45, 7) is 0. The first-order valence-corrected chi connectivity index (χ1v) is 3.23. The van der Waals surface area contributed by atoms with Gasteiger partial charge >= 0.3 is 0 Å². The van der Waals surface area contributed by atoms with Crippen LogP contribution in [0.1, 0.15) is 0 Å². The Kier molecular flexibility index (Phi) is 0.520. The van der Waals surface area contributed by atoms with Crippen LogP contribution >= 0.6 is 0 Å². The van der Waals surface area contributed by atoms with Crippen molar-refractivity contribution in [2.24, 2.45) is 0 Å². The summed E-state index contributed by atoms with van der Waals surface area (Å²) in [6, 6.07) is 8.01. The van der Waals surface area contributed by atoms with E-state index in [1.54, 1.807) is 0 Å². The predicted molar refractivity (Wildman–Crippen MR) is 37.6 cm³/mol. The van der Waals surface area contributed by atoms with Gasteiger partial charge in [-0.3, -0.25) is 4.90 Å². The first kappa shape index (κ1) is 4.39. The minimum Gasteiger partial charge on any atom is -0.437 e. The molecule has 0 saturated carbocycles. The van der Waals surface area contributed by atoms with Crippen molar-refractivity contribution in [2.45, 2.75) is 0 Å². The highest BCUT2D eigenvalue weighted by Gasteiger charge is 2.34. The van der Waals surface area contributed by atoms with Gasteiger partial charge in [0, 0.05) is 0 Å². The van der Waals surface area contributed by atoms with Gasteiger partial charge in [0.15, 0.2) is 5.75 Å². The average molecular weight is 131 g/mol. The maximum Gasteiger partial charge on any atom is 0.221 e. The Balaban J connectivity index is 2.26. The third kappa shape index (κ3) is 0.365. The Morgan fingerprint density at radius 1 is 1.20 bits per heavy atom. The Morgan fingerprint density at radius 2 is 2.10 bits per heavy atom. The highest BCUT2D eigenvalue weighted by Crippen LogP contribution is 2.45. The van der Waals surface area contributed by atoms with E-state index in [9.17, 15) is 0 Å². The lowest BCUT2D eigenvalue weighted by Crippen LogP contribution is -1.86. The molecule has 0 fully saturated rings. The van der Waals surface area contributed by atoms with Gasteiger partial charge in [-0.1, -0.05) is 12.1 Å². The second-order valence-electron chi connectivity index (χ2n) is 2.41. The summed E-state index contributed by atoms with van der Waals surface area (Å²) in [6.07, 6.45) is 1.97. The standard InChI is InChI=1S/C8H5NO/c1-2-4-7-6(3-1)9-5-8(9)10-7/h1-5H. The van der Waals surface area contributed by atoms with Crippen molar-refractivity contribution in [3.05, 3.63) is 36.3 Å². The number of fused-ring (bicyclic) bond motifs is 3. The summed E-state index contributed by atoms with van der Waals surface area (Å²) in [5.41, 5.74) is 1.16. The molecule has 2 heteroatoms. The van der Waals surface area contributed by atoms with Gasteiger partial charge in [0.1, 0.15) is 0 Å². The van der Waals surface area contributed by atoms with Crippen LogP contribution in [0.25, 0.3) is 0 Å². The van der Waals surface area contributed by atoms with E-state index in [0.717, 1.165) is 17.3 Å². The third-order valence-corrected chi connectivity index (χ3v) is 1.75.